The van der Waals surface area contributed by atoms with Crippen molar-refractivity contribution in [1.29, 1.82) is 0 Å². The lowest BCUT2D eigenvalue weighted by molar-refractivity contribution is -0.142. The van der Waals surface area contributed by atoms with Gasteiger partial charge in [0.1, 0.15) is 23.1 Å². The van der Waals surface area contributed by atoms with Gasteiger partial charge in [-0.15, -0.1) is 0 Å². The Kier molecular flexibility index (Phi) is 9.17. The minimum atomic E-state index is -3.06. The highest BCUT2D eigenvalue weighted by Crippen LogP contribution is 2.39. The summed E-state index contributed by atoms with van der Waals surface area (Å²) in [6.07, 6.45) is 2.44. The van der Waals surface area contributed by atoms with Crippen molar-refractivity contribution in [2.75, 3.05) is 26.3 Å². The van der Waals surface area contributed by atoms with Crippen LogP contribution in [0.1, 0.15) is 47.4 Å². The molecule has 0 bridgehead atoms. The van der Waals surface area contributed by atoms with Crippen molar-refractivity contribution >= 4 is 17.1 Å². The largest absolute Gasteiger partial charge is 0.480 e. The van der Waals surface area contributed by atoms with Crippen molar-refractivity contribution in [3.05, 3.63) is 76.7 Å². The number of alkyl halides is 3. The van der Waals surface area contributed by atoms with Gasteiger partial charge >= 0.3 is 12.6 Å². The Morgan fingerprint density at radius 2 is 1.69 bits per heavy atom. The Morgan fingerprint density at radius 1 is 1.00 bits per heavy atom. The van der Waals surface area contributed by atoms with Gasteiger partial charge in [-0.25, -0.2) is 9.97 Å². The molecule has 9 nitrogen and oxygen atoms in total. The molecule has 12 heteroatoms. The highest BCUT2D eigenvalue weighted by atomic mass is 19.3. The van der Waals surface area contributed by atoms with Crippen LogP contribution in [-0.4, -0.2) is 69.8 Å². The molecule has 5 aromatic rings. The fourth-order valence-corrected chi connectivity index (χ4v) is 7.12. The highest BCUT2D eigenvalue weighted by molar-refractivity contribution is 5.84. The number of nitrogens with zero attached hydrogens (tertiary/aromatic N) is 4. The van der Waals surface area contributed by atoms with E-state index in [1.54, 1.807) is 11.0 Å². The number of benzene rings is 3. The minimum absolute atomic E-state index is 0.0696. The van der Waals surface area contributed by atoms with E-state index in [4.69, 9.17) is 23.5 Å². The van der Waals surface area contributed by atoms with Gasteiger partial charge in [-0.2, -0.15) is 8.78 Å². The monoisotopic (exact) mass is 674 g/mol. The number of fused-ring (bicyclic) bond motifs is 2. The second-order valence-electron chi connectivity index (χ2n) is 12.7. The van der Waals surface area contributed by atoms with E-state index < -0.39 is 18.6 Å². The zero-order valence-electron chi connectivity index (χ0n) is 27.3. The lowest BCUT2D eigenvalue weighted by atomic mass is 9.91. The van der Waals surface area contributed by atoms with Gasteiger partial charge in [0, 0.05) is 55.4 Å². The van der Waals surface area contributed by atoms with E-state index in [9.17, 15) is 23.1 Å². The summed E-state index contributed by atoms with van der Waals surface area (Å²) in [5, 5.41) is 9.63. The standard InChI is InChI=1S/C37H37F3N4O5/c1-21-24(25-8-4-10-27(22(25)2)35-42-29-20-43(14-6-13-38)16-12-31(29)47-35)7-3-9-26(21)34-41-28-17-23(19-44-15-5-11-30(44)36(45)46)32(49-37(39)40)18-33(28)48-34/h3-4,7-10,17-18,30,37H,5-6,11-16,19-20H2,1-2H3,(H,45,46). The molecule has 2 aromatic heterocycles. The Hall–Kier alpha value is -4.68. The molecule has 1 fully saturated rings. The normalized spacial score (nSPS) is 16.9. The van der Waals surface area contributed by atoms with Crippen LogP contribution in [0.4, 0.5) is 13.2 Å². The summed E-state index contributed by atoms with van der Waals surface area (Å²) in [7, 11) is 0. The Balaban J connectivity index is 1.21. The van der Waals surface area contributed by atoms with Crippen LogP contribution in [0, 0.1) is 13.8 Å². The first-order chi connectivity index (χ1) is 23.7. The number of halogens is 3. The van der Waals surface area contributed by atoms with Gasteiger partial charge in [0.15, 0.2) is 5.58 Å². The van der Waals surface area contributed by atoms with Crippen LogP contribution in [0.3, 0.4) is 0 Å². The molecule has 4 heterocycles. The average Bonchev–Trinajstić information content (AvgIpc) is 3.82. The van der Waals surface area contributed by atoms with E-state index >= 15 is 0 Å². The van der Waals surface area contributed by atoms with Crippen LogP contribution in [0.15, 0.2) is 57.4 Å². The fourth-order valence-electron chi connectivity index (χ4n) is 7.12. The molecule has 1 N–H and O–H groups in total. The van der Waals surface area contributed by atoms with Crippen LogP contribution < -0.4 is 4.74 Å². The van der Waals surface area contributed by atoms with E-state index in [-0.39, 0.29) is 24.6 Å². The molecule has 49 heavy (non-hydrogen) atoms. The Labute approximate surface area is 281 Å². The first kappa shape index (κ1) is 32.8. The summed E-state index contributed by atoms with van der Waals surface area (Å²) in [6, 6.07) is 14.2. The van der Waals surface area contributed by atoms with Crippen molar-refractivity contribution in [2.45, 2.75) is 65.3 Å². The van der Waals surface area contributed by atoms with E-state index in [0.29, 0.717) is 61.8 Å². The zero-order valence-corrected chi connectivity index (χ0v) is 27.3. The second kappa shape index (κ2) is 13.7. The summed E-state index contributed by atoms with van der Waals surface area (Å²) in [4.78, 5) is 25.3. The molecule has 1 unspecified atom stereocenters. The maximum atomic E-state index is 13.4. The molecule has 2 aliphatic rings. The summed E-state index contributed by atoms with van der Waals surface area (Å²) < 4.78 is 56.9. The maximum absolute atomic E-state index is 13.4. The summed E-state index contributed by atoms with van der Waals surface area (Å²) in [5.74, 6) is 0.751. The molecule has 7 rings (SSSR count). The molecular formula is C37H37F3N4O5. The molecule has 256 valence electrons. The number of carbonyl (C=O) groups is 1. The zero-order chi connectivity index (χ0) is 34.2. The summed E-state index contributed by atoms with van der Waals surface area (Å²) >= 11 is 0. The molecule has 1 saturated heterocycles. The van der Waals surface area contributed by atoms with E-state index in [1.165, 1.54) is 6.07 Å². The molecule has 1 atom stereocenters. The van der Waals surface area contributed by atoms with Crippen LogP contribution in [0.25, 0.3) is 45.1 Å². The Bertz CT molecular complexity index is 2010. The first-order valence-corrected chi connectivity index (χ1v) is 16.5. The van der Waals surface area contributed by atoms with Crippen molar-refractivity contribution in [3.8, 4) is 39.8 Å². The number of rotatable bonds is 11. The predicted octanol–water partition coefficient (Wildman–Crippen LogP) is 7.80. The van der Waals surface area contributed by atoms with Gasteiger partial charge < -0.3 is 18.7 Å². The van der Waals surface area contributed by atoms with Gasteiger partial charge in [0.05, 0.1) is 12.4 Å². The number of likely N-dealkylation sites (tertiary alicyclic amines) is 1. The minimum Gasteiger partial charge on any atom is -0.480 e. The number of aliphatic carboxylic acids is 1. The number of oxazole rings is 2. The summed E-state index contributed by atoms with van der Waals surface area (Å²) in [5.41, 5.74) is 7.53. The summed E-state index contributed by atoms with van der Waals surface area (Å²) in [6.45, 7) is 3.45. The van der Waals surface area contributed by atoms with Crippen LogP contribution in [-0.2, 0) is 24.3 Å². The number of carboxylic acid groups (broad SMARTS) is 1. The van der Waals surface area contributed by atoms with E-state index in [0.717, 1.165) is 57.8 Å². The van der Waals surface area contributed by atoms with Crippen LogP contribution in [0.5, 0.6) is 5.75 Å². The molecule has 0 amide bonds. The number of aromatic nitrogens is 2. The van der Waals surface area contributed by atoms with Crippen LogP contribution >= 0.6 is 0 Å². The second-order valence-corrected chi connectivity index (χ2v) is 12.7. The molecular weight excluding hydrogens is 637 g/mol. The van der Waals surface area contributed by atoms with Crippen molar-refractivity contribution in [3.63, 3.8) is 0 Å². The lowest BCUT2D eigenvalue weighted by Gasteiger charge is -2.24. The molecule has 3 aromatic carbocycles. The van der Waals surface area contributed by atoms with Crippen molar-refractivity contribution < 1.29 is 36.6 Å². The van der Waals surface area contributed by atoms with Gasteiger partial charge in [-0.1, -0.05) is 24.3 Å². The predicted molar refractivity (Wildman–Crippen MR) is 177 cm³/mol. The highest BCUT2D eigenvalue weighted by Gasteiger charge is 2.32. The SMILES string of the molecule is Cc1c(-c2nc3c(o2)CCN(CCCF)C3)cccc1-c1cccc(-c2nc3cc(CN4CCCC4C(=O)O)c(OC(F)F)cc3o2)c1C. The number of hydrogen-bond donors (Lipinski definition) is 1. The van der Waals surface area contributed by atoms with E-state index in [2.05, 4.69) is 4.90 Å². The molecule has 0 radical (unpaired) electrons. The Morgan fingerprint density at radius 3 is 2.37 bits per heavy atom. The van der Waals surface area contributed by atoms with Gasteiger partial charge in [-0.3, -0.25) is 19.0 Å². The molecule has 0 aliphatic carbocycles. The average molecular weight is 675 g/mol. The van der Waals surface area contributed by atoms with E-state index in [1.807, 2.05) is 50.2 Å². The number of hydrogen-bond acceptors (Lipinski definition) is 8. The first-order valence-electron chi connectivity index (χ1n) is 16.5. The topological polar surface area (TPSA) is 105 Å². The van der Waals surface area contributed by atoms with Gasteiger partial charge in [0.25, 0.3) is 0 Å². The fraction of sp³-hybridized carbons (Fsp3) is 0.378. The molecule has 2 aliphatic heterocycles. The third kappa shape index (κ3) is 6.54. The van der Waals surface area contributed by atoms with Crippen molar-refractivity contribution in [2.24, 2.45) is 0 Å². The van der Waals surface area contributed by atoms with Crippen LogP contribution in [0.2, 0.25) is 0 Å². The smallest absolute Gasteiger partial charge is 0.387 e. The maximum Gasteiger partial charge on any atom is 0.387 e. The number of ether oxygens (including phenoxy) is 1. The third-order valence-electron chi connectivity index (χ3n) is 9.64. The number of carboxylic acids is 1. The van der Waals surface area contributed by atoms with Gasteiger partial charge in [-0.05, 0) is 80.1 Å². The third-order valence-corrected chi connectivity index (χ3v) is 9.64. The molecule has 0 saturated carbocycles. The molecule has 0 spiro atoms. The van der Waals surface area contributed by atoms with Crippen molar-refractivity contribution in [1.82, 2.24) is 19.8 Å². The quantitative estimate of drug-likeness (QED) is 0.150. The lowest BCUT2D eigenvalue weighted by Crippen LogP contribution is -2.35. The van der Waals surface area contributed by atoms with Gasteiger partial charge in [0.2, 0.25) is 11.8 Å².